The summed E-state index contributed by atoms with van der Waals surface area (Å²) in [7, 11) is 0. The summed E-state index contributed by atoms with van der Waals surface area (Å²) in [5.41, 5.74) is 4.86. The SMILES string of the molecule is CCCN1C(=O)[C@]2(Cc3ccccc31)N=C(c1ccc(OCCCO)cc1)O[C@@H]2c1ccc(-c2ccccc2)cc1. The molecule has 0 saturated heterocycles. The van der Waals surface area contributed by atoms with Gasteiger partial charge in [0.25, 0.3) is 5.91 Å². The highest BCUT2D eigenvalue weighted by molar-refractivity contribution is 6.08. The maximum absolute atomic E-state index is 14.5. The second kappa shape index (κ2) is 11.6. The number of rotatable bonds is 9. The Morgan fingerprint density at radius 2 is 1.59 bits per heavy atom. The summed E-state index contributed by atoms with van der Waals surface area (Å²) in [6.07, 6.45) is 1.28. The average molecular weight is 547 g/mol. The first kappa shape index (κ1) is 26.8. The summed E-state index contributed by atoms with van der Waals surface area (Å²) in [4.78, 5) is 21.5. The number of nitrogens with zero attached hydrogens (tertiary/aromatic N) is 2. The van der Waals surface area contributed by atoms with Crippen LogP contribution in [0.3, 0.4) is 0 Å². The molecule has 6 nitrogen and oxygen atoms in total. The highest BCUT2D eigenvalue weighted by Crippen LogP contribution is 2.48. The molecule has 1 spiro atoms. The van der Waals surface area contributed by atoms with E-state index in [0.29, 0.717) is 37.6 Å². The molecular formula is C35H34N2O4. The number of aliphatic imine (C=N–C) groups is 1. The van der Waals surface area contributed by atoms with Gasteiger partial charge < -0.3 is 19.5 Å². The molecule has 0 bridgehead atoms. The van der Waals surface area contributed by atoms with Gasteiger partial charge in [0.05, 0.1) is 6.61 Å². The van der Waals surface area contributed by atoms with Gasteiger partial charge in [0, 0.05) is 37.2 Å². The minimum absolute atomic E-state index is 0.0332. The molecule has 208 valence electrons. The standard InChI is InChI=1S/C35H34N2O4/c1-2-21-37-31-12-7-6-11-29(31)24-35(34(37)39)32(27-15-13-26(14-16-27)25-9-4-3-5-10-25)41-33(36-35)28-17-19-30(20-18-28)40-23-8-22-38/h3-7,9-20,32,38H,2,8,21-24H2,1H3/t32-,35-/m1/s1. The van der Waals surface area contributed by atoms with Crippen LogP contribution in [-0.2, 0) is 16.0 Å². The molecule has 1 N–H and O–H groups in total. The number of amides is 1. The van der Waals surface area contributed by atoms with Gasteiger partial charge in [-0.05, 0) is 59.0 Å². The van der Waals surface area contributed by atoms with E-state index in [1.165, 1.54) is 0 Å². The van der Waals surface area contributed by atoms with Gasteiger partial charge in [-0.3, -0.25) is 4.79 Å². The molecule has 41 heavy (non-hydrogen) atoms. The van der Waals surface area contributed by atoms with Crippen LogP contribution in [0.25, 0.3) is 11.1 Å². The van der Waals surface area contributed by atoms with Gasteiger partial charge >= 0.3 is 0 Å². The van der Waals surface area contributed by atoms with Crippen molar-refractivity contribution in [2.75, 3.05) is 24.7 Å². The highest BCUT2D eigenvalue weighted by Gasteiger charge is 2.57. The summed E-state index contributed by atoms with van der Waals surface area (Å²) < 4.78 is 12.4. The van der Waals surface area contributed by atoms with Crippen LogP contribution in [-0.4, -0.2) is 42.2 Å². The second-order valence-electron chi connectivity index (χ2n) is 10.5. The number of para-hydroxylation sites is 1. The summed E-state index contributed by atoms with van der Waals surface area (Å²) >= 11 is 0. The van der Waals surface area contributed by atoms with Crippen molar-refractivity contribution in [1.82, 2.24) is 0 Å². The predicted molar refractivity (Wildman–Crippen MR) is 161 cm³/mol. The largest absolute Gasteiger partial charge is 0.494 e. The molecule has 2 aliphatic rings. The third-order valence-electron chi connectivity index (χ3n) is 7.76. The first-order valence-electron chi connectivity index (χ1n) is 14.3. The van der Waals surface area contributed by atoms with E-state index in [-0.39, 0.29) is 12.5 Å². The molecule has 4 aromatic rings. The van der Waals surface area contributed by atoms with E-state index in [0.717, 1.165) is 39.9 Å². The lowest BCUT2D eigenvalue weighted by atomic mass is 9.78. The number of fused-ring (bicyclic) bond motifs is 1. The number of aliphatic hydroxyl groups excluding tert-OH is 1. The van der Waals surface area contributed by atoms with Gasteiger partial charge in [0.15, 0.2) is 11.6 Å². The van der Waals surface area contributed by atoms with E-state index in [9.17, 15) is 4.79 Å². The van der Waals surface area contributed by atoms with Gasteiger partial charge in [0.1, 0.15) is 5.75 Å². The van der Waals surface area contributed by atoms with Crippen molar-refractivity contribution in [1.29, 1.82) is 0 Å². The Labute approximate surface area is 240 Å². The Hall–Kier alpha value is -4.42. The maximum Gasteiger partial charge on any atom is 0.259 e. The quantitative estimate of drug-likeness (QED) is 0.248. The summed E-state index contributed by atoms with van der Waals surface area (Å²) in [6, 6.07) is 34.2. The van der Waals surface area contributed by atoms with Crippen LogP contribution in [0, 0.1) is 0 Å². The number of hydrogen-bond donors (Lipinski definition) is 1. The first-order valence-corrected chi connectivity index (χ1v) is 14.3. The van der Waals surface area contributed by atoms with Gasteiger partial charge in [-0.2, -0.15) is 0 Å². The van der Waals surface area contributed by atoms with Crippen LogP contribution < -0.4 is 9.64 Å². The van der Waals surface area contributed by atoms with Gasteiger partial charge in [-0.25, -0.2) is 4.99 Å². The van der Waals surface area contributed by atoms with E-state index >= 15 is 0 Å². The molecule has 0 aromatic heterocycles. The van der Waals surface area contributed by atoms with Gasteiger partial charge in [-0.1, -0.05) is 79.7 Å². The lowest BCUT2D eigenvalue weighted by Gasteiger charge is -2.40. The van der Waals surface area contributed by atoms with E-state index in [2.05, 4.69) is 49.4 Å². The zero-order chi connectivity index (χ0) is 28.2. The van der Waals surface area contributed by atoms with Crippen LogP contribution in [0.1, 0.15) is 42.6 Å². The lowest BCUT2D eigenvalue weighted by Crippen LogP contribution is -2.55. The van der Waals surface area contributed by atoms with E-state index in [1.807, 2.05) is 65.6 Å². The number of benzene rings is 4. The Morgan fingerprint density at radius 1 is 0.902 bits per heavy atom. The third-order valence-corrected chi connectivity index (χ3v) is 7.76. The summed E-state index contributed by atoms with van der Waals surface area (Å²) in [5, 5.41) is 9.04. The van der Waals surface area contributed by atoms with E-state index in [1.54, 1.807) is 0 Å². The first-order chi connectivity index (χ1) is 20.1. The molecule has 0 unspecified atom stereocenters. The predicted octanol–water partition coefficient (Wildman–Crippen LogP) is 6.37. The number of aliphatic hydroxyl groups is 1. The smallest absolute Gasteiger partial charge is 0.259 e. The molecule has 2 aliphatic heterocycles. The normalized spacial score (nSPS) is 19.6. The minimum Gasteiger partial charge on any atom is -0.494 e. The summed E-state index contributed by atoms with van der Waals surface area (Å²) in [5.74, 6) is 1.13. The molecule has 2 atom stereocenters. The van der Waals surface area contributed by atoms with Crippen molar-refractivity contribution in [3.63, 3.8) is 0 Å². The van der Waals surface area contributed by atoms with Crippen molar-refractivity contribution in [2.24, 2.45) is 4.99 Å². The molecule has 0 fully saturated rings. The molecule has 1 amide bonds. The number of hydrogen-bond acceptors (Lipinski definition) is 5. The number of carbonyl (C=O) groups excluding carboxylic acids is 1. The molecule has 0 radical (unpaired) electrons. The van der Waals surface area contributed by atoms with Crippen LogP contribution in [0.2, 0.25) is 0 Å². The Balaban J connectivity index is 1.40. The van der Waals surface area contributed by atoms with Crippen molar-refractivity contribution in [3.8, 4) is 16.9 Å². The Kier molecular flexibility index (Phi) is 7.57. The zero-order valence-electron chi connectivity index (χ0n) is 23.2. The Bertz CT molecular complexity index is 1530. The molecule has 4 aromatic carbocycles. The van der Waals surface area contributed by atoms with Gasteiger partial charge in [0.2, 0.25) is 5.90 Å². The molecule has 6 heteroatoms. The van der Waals surface area contributed by atoms with Gasteiger partial charge in [-0.15, -0.1) is 0 Å². The van der Waals surface area contributed by atoms with Crippen LogP contribution in [0.4, 0.5) is 5.69 Å². The monoisotopic (exact) mass is 546 g/mol. The zero-order valence-corrected chi connectivity index (χ0v) is 23.2. The number of carbonyl (C=O) groups is 1. The van der Waals surface area contributed by atoms with Crippen molar-refractivity contribution >= 4 is 17.5 Å². The average Bonchev–Trinajstić information content (AvgIpc) is 3.40. The molecule has 0 saturated carbocycles. The van der Waals surface area contributed by atoms with Crippen LogP contribution in [0.15, 0.2) is 108 Å². The second-order valence-corrected chi connectivity index (χ2v) is 10.5. The third kappa shape index (κ3) is 5.11. The van der Waals surface area contributed by atoms with E-state index < -0.39 is 11.6 Å². The fourth-order valence-corrected chi connectivity index (χ4v) is 5.75. The highest BCUT2D eigenvalue weighted by atomic mass is 16.5. The molecule has 6 rings (SSSR count). The summed E-state index contributed by atoms with van der Waals surface area (Å²) in [6.45, 7) is 3.23. The lowest BCUT2D eigenvalue weighted by molar-refractivity contribution is -0.126. The fourth-order valence-electron chi connectivity index (χ4n) is 5.75. The fraction of sp³-hybridized carbons (Fsp3) is 0.257. The molecule has 2 heterocycles. The topological polar surface area (TPSA) is 71.4 Å². The van der Waals surface area contributed by atoms with Crippen LogP contribution in [0.5, 0.6) is 5.75 Å². The number of anilines is 1. The van der Waals surface area contributed by atoms with Crippen LogP contribution >= 0.6 is 0 Å². The number of ether oxygens (including phenoxy) is 2. The van der Waals surface area contributed by atoms with Crippen molar-refractivity contribution in [3.05, 3.63) is 120 Å². The molecular weight excluding hydrogens is 512 g/mol. The Morgan fingerprint density at radius 3 is 2.32 bits per heavy atom. The van der Waals surface area contributed by atoms with E-state index in [4.69, 9.17) is 19.6 Å². The maximum atomic E-state index is 14.5. The minimum atomic E-state index is -1.12. The van der Waals surface area contributed by atoms with Crippen molar-refractivity contribution < 1.29 is 19.4 Å². The molecule has 0 aliphatic carbocycles. The van der Waals surface area contributed by atoms with Crippen molar-refractivity contribution in [2.45, 2.75) is 37.8 Å².